The van der Waals surface area contributed by atoms with Crippen LogP contribution in [0.1, 0.15) is 0 Å². The second kappa shape index (κ2) is 10.9. The average Bonchev–Trinajstić information content (AvgIpc) is 3.74. The first-order valence-corrected chi connectivity index (χ1v) is 15.9. The Morgan fingerprint density at radius 2 is 1.11 bits per heavy atom. The lowest BCUT2D eigenvalue weighted by atomic mass is 10.0. The summed E-state index contributed by atoms with van der Waals surface area (Å²) in [4.78, 5) is 20.0. The van der Waals surface area contributed by atoms with Crippen LogP contribution in [0.15, 0.2) is 150 Å². The molecule has 6 heteroatoms. The fraction of sp³-hybridized carbons (Fsp3) is 0. The summed E-state index contributed by atoms with van der Waals surface area (Å²) in [6, 6.07) is 49.4. The highest BCUT2D eigenvalue weighted by Gasteiger charge is 2.19. The molecule has 0 spiro atoms. The molecule has 0 bridgehead atoms. The summed E-state index contributed by atoms with van der Waals surface area (Å²) in [6.07, 6.45) is 0. The van der Waals surface area contributed by atoms with Crippen LogP contribution < -0.4 is 0 Å². The van der Waals surface area contributed by atoms with Crippen molar-refractivity contribution in [1.29, 1.82) is 0 Å². The Kier molecular flexibility index (Phi) is 6.25. The molecule has 0 N–H and O–H groups in total. The molecule has 46 heavy (non-hydrogen) atoms. The van der Waals surface area contributed by atoms with E-state index < -0.39 is 0 Å². The number of aromatic nitrogens is 4. The molecule has 0 unspecified atom stereocenters. The highest BCUT2D eigenvalue weighted by molar-refractivity contribution is 7.21. The molecule has 0 radical (unpaired) electrons. The first kappa shape index (κ1) is 26.4. The Hall–Kier alpha value is -5.98. The second-order valence-electron chi connectivity index (χ2n) is 11.1. The van der Waals surface area contributed by atoms with E-state index in [-0.39, 0.29) is 0 Å². The summed E-state index contributed by atoms with van der Waals surface area (Å²) >= 11 is 1.68. The van der Waals surface area contributed by atoms with E-state index in [0.29, 0.717) is 17.5 Å². The van der Waals surface area contributed by atoms with Gasteiger partial charge in [0.25, 0.3) is 0 Å². The smallest absolute Gasteiger partial charge is 0.164 e. The summed E-state index contributed by atoms with van der Waals surface area (Å²) < 4.78 is 7.62. The van der Waals surface area contributed by atoms with Crippen molar-refractivity contribution >= 4 is 43.5 Å². The highest BCUT2D eigenvalue weighted by Crippen LogP contribution is 2.39. The summed E-state index contributed by atoms with van der Waals surface area (Å²) in [5.74, 6) is 1.83. The minimum atomic E-state index is 0.595. The first-order valence-electron chi connectivity index (χ1n) is 15.1. The number of benzene rings is 6. The fourth-order valence-electron chi connectivity index (χ4n) is 5.95. The van der Waals surface area contributed by atoms with Gasteiger partial charge in [-0.25, -0.2) is 19.9 Å². The molecule has 0 fully saturated rings. The standard InChI is InChI=1S/C40H24N4OS/c1-3-11-25(12-4-1)27-15-9-16-28(23-27)38-42-37(26-13-5-2-6-14-26)43-39(44-38)31-17-10-19-33-36(31)30-22-21-29(24-34(30)45-33)40-41-32-18-7-8-20-35(32)46-40/h1-24H. The number of nitrogens with zero attached hydrogens (tertiary/aromatic N) is 4. The predicted octanol–water partition coefficient (Wildman–Crippen LogP) is 10.7. The SMILES string of the molecule is c1ccc(-c2cccc(-c3nc(-c4ccccc4)nc(-c4cccc5oc6cc(-c7nc8ccccc8s7)ccc6c45)n3)c2)cc1. The van der Waals surface area contributed by atoms with Gasteiger partial charge in [0.15, 0.2) is 17.5 Å². The molecule has 0 amide bonds. The number of fused-ring (bicyclic) bond motifs is 4. The topological polar surface area (TPSA) is 64.7 Å². The monoisotopic (exact) mass is 608 g/mol. The van der Waals surface area contributed by atoms with E-state index in [9.17, 15) is 0 Å². The van der Waals surface area contributed by atoms with E-state index in [1.165, 1.54) is 4.70 Å². The van der Waals surface area contributed by atoms with Crippen molar-refractivity contribution in [3.05, 3.63) is 146 Å². The van der Waals surface area contributed by atoms with Crippen molar-refractivity contribution in [3.63, 3.8) is 0 Å². The Bertz CT molecular complexity index is 2500. The van der Waals surface area contributed by atoms with Crippen molar-refractivity contribution in [2.75, 3.05) is 0 Å². The van der Waals surface area contributed by atoms with Gasteiger partial charge in [-0.15, -0.1) is 11.3 Å². The number of hydrogen-bond acceptors (Lipinski definition) is 6. The van der Waals surface area contributed by atoms with Crippen molar-refractivity contribution < 1.29 is 4.42 Å². The van der Waals surface area contributed by atoms with E-state index in [1.807, 2.05) is 66.7 Å². The molecule has 0 aliphatic carbocycles. The lowest BCUT2D eigenvalue weighted by Gasteiger charge is -2.10. The van der Waals surface area contributed by atoms with Crippen molar-refractivity contribution in [3.8, 4) is 55.9 Å². The molecule has 0 aliphatic heterocycles. The molecular formula is C40H24N4OS. The molecule has 216 valence electrons. The van der Waals surface area contributed by atoms with Crippen LogP contribution in [0, 0.1) is 0 Å². The fourth-order valence-corrected chi connectivity index (χ4v) is 6.91. The first-order chi connectivity index (χ1) is 22.8. The van der Waals surface area contributed by atoms with Crippen LogP contribution in [-0.4, -0.2) is 19.9 Å². The van der Waals surface area contributed by atoms with Crippen LogP contribution in [0.5, 0.6) is 0 Å². The third kappa shape index (κ3) is 4.64. The summed E-state index contributed by atoms with van der Waals surface area (Å²) in [5, 5.41) is 2.95. The maximum atomic E-state index is 6.45. The zero-order valence-electron chi connectivity index (χ0n) is 24.5. The molecule has 0 saturated carbocycles. The van der Waals surface area contributed by atoms with E-state index in [4.69, 9.17) is 24.4 Å². The third-order valence-electron chi connectivity index (χ3n) is 8.17. The second-order valence-corrected chi connectivity index (χ2v) is 12.1. The van der Waals surface area contributed by atoms with Gasteiger partial charge in [-0.05, 0) is 47.5 Å². The van der Waals surface area contributed by atoms with Gasteiger partial charge in [0, 0.05) is 33.0 Å². The molecule has 9 rings (SSSR count). The summed E-state index contributed by atoms with van der Waals surface area (Å²) in [6.45, 7) is 0. The Morgan fingerprint density at radius 3 is 1.93 bits per heavy atom. The van der Waals surface area contributed by atoms with Gasteiger partial charge in [0.1, 0.15) is 16.2 Å². The molecule has 0 saturated heterocycles. The van der Waals surface area contributed by atoms with Crippen LogP contribution >= 0.6 is 11.3 Å². The third-order valence-corrected chi connectivity index (χ3v) is 9.26. The lowest BCUT2D eigenvalue weighted by molar-refractivity contribution is 0.669. The molecule has 6 aromatic carbocycles. The number of rotatable bonds is 5. The number of para-hydroxylation sites is 1. The average molecular weight is 609 g/mol. The van der Waals surface area contributed by atoms with Crippen LogP contribution in [0.4, 0.5) is 0 Å². The van der Waals surface area contributed by atoms with Crippen LogP contribution in [0.2, 0.25) is 0 Å². The maximum Gasteiger partial charge on any atom is 0.164 e. The normalized spacial score (nSPS) is 11.5. The van der Waals surface area contributed by atoms with E-state index >= 15 is 0 Å². The van der Waals surface area contributed by atoms with Gasteiger partial charge in [-0.3, -0.25) is 0 Å². The van der Waals surface area contributed by atoms with Gasteiger partial charge < -0.3 is 4.42 Å². The largest absolute Gasteiger partial charge is 0.456 e. The Balaban J connectivity index is 1.21. The van der Waals surface area contributed by atoms with Crippen LogP contribution in [0.3, 0.4) is 0 Å². The Labute approximate surface area is 268 Å². The van der Waals surface area contributed by atoms with Gasteiger partial charge in [0.05, 0.1) is 10.2 Å². The maximum absolute atomic E-state index is 6.45. The number of furan rings is 1. The van der Waals surface area contributed by atoms with E-state index in [0.717, 1.165) is 65.8 Å². The summed E-state index contributed by atoms with van der Waals surface area (Å²) in [5.41, 5.74) is 8.60. The molecule has 0 aliphatic rings. The van der Waals surface area contributed by atoms with Gasteiger partial charge in [-0.2, -0.15) is 0 Å². The van der Waals surface area contributed by atoms with Crippen LogP contribution in [-0.2, 0) is 0 Å². The highest BCUT2D eigenvalue weighted by atomic mass is 32.1. The van der Waals surface area contributed by atoms with Crippen molar-refractivity contribution in [2.24, 2.45) is 0 Å². The zero-order chi connectivity index (χ0) is 30.5. The lowest BCUT2D eigenvalue weighted by Crippen LogP contribution is -2.00. The van der Waals surface area contributed by atoms with E-state index in [2.05, 4.69) is 78.9 Å². The van der Waals surface area contributed by atoms with Gasteiger partial charge >= 0.3 is 0 Å². The Morgan fingerprint density at radius 1 is 0.435 bits per heavy atom. The van der Waals surface area contributed by atoms with Crippen molar-refractivity contribution in [1.82, 2.24) is 19.9 Å². The van der Waals surface area contributed by atoms with Crippen LogP contribution in [0.25, 0.3) is 88.0 Å². The number of thiazole rings is 1. The van der Waals surface area contributed by atoms with Gasteiger partial charge in [-0.1, -0.05) is 109 Å². The molecule has 5 nitrogen and oxygen atoms in total. The molecular weight excluding hydrogens is 585 g/mol. The minimum absolute atomic E-state index is 0.595. The molecule has 3 aromatic heterocycles. The van der Waals surface area contributed by atoms with Crippen molar-refractivity contribution in [2.45, 2.75) is 0 Å². The quantitative estimate of drug-likeness (QED) is 0.194. The van der Waals surface area contributed by atoms with E-state index in [1.54, 1.807) is 11.3 Å². The molecule has 9 aromatic rings. The number of hydrogen-bond donors (Lipinski definition) is 0. The minimum Gasteiger partial charge on any atom is -0.456 e. The molecule has 3 heterocycles. The predicted molar refractivity (Wildman–Crippen MR) is 187 cm³/mol. The molecule has 0 atom stereocenters. The summed E-state index contributed by atoms with van der Waals surface area (Å²) in [7, 11) is 0. The zero-order valence-corrected chi connectivity index (χ0v) is 25.3. The van der Waals surface area contributed by atoms with Gasteiger partial charge in [0.2, 0.25) is 0 Å².